The van der Waals surface area contributed by atoms with E-state index in [9.17, 15) is 10.5 Å². The molecule has 4 heteroatoms. The van der Waals surface area contributed by atoms with Crippen LogP contribution in [0, 0.1) is 28.1 Å². The monoisotopic (exact) mass is 312 g/mol. The number of hydrogen-bond acceptors (Lipinski definition) is 4. The topological polar surface area (TPSA) is 47.6 Å². The predicted molar refractivity (Wildman–Crippen MR) is 88.9 cm³/mol. The number of nitrogens with zero attached hydrogens (tertiary/aromatic N) is 2. The van der Waals surface area contributed by atoms with Gasteiger partial charge in [0.2, 0.25) is 0 Å². The Bertz CT molecular complexity index is 619. The average molecular weight is 312 g/mol. The van der Waals surface area contributed by atoms with E-state index in [1.54, 1.807) is 23.5 Å². The zero-order chi connectivity index (χ0) is 14.9. The summed E-state index contributed by atoms with van der Waals surface area (Å²) in [5, 5.41) is 19.9. The summed E-state index contributed by atoms with van der Waals surface area (Å²) >= 11 is 3.51. The lowest BCUT2D eigenvalue weighted by Crippen LogP contribution is -2.42. The minimum absolute atomic E-state index is 0.0840. The van der Waals surface area contributed by atoms with Crippen molar-refractivity contribution in [2.24, 2.45) is 5.41 Å². The van der Waals surface area contributed by atoms with Crippen LogP contribution < -0.4 is 0 Å². The molecule has 2 aliphatic rings. The van der Waals surface area contributed by atoms with E-state index < -0.39 is 9.49 Å². The molecular formula is C17H16N2S2. The summed E-state index contributed by atoms with van der Waals surface area (Å²) in [5.74, 6) is 1.91. The fraction of sp³-hybridized carbons (Fsp3) is 0.412. The largest absolute Gasteiger partial charge is 0.196 e. The molecule has 0 radical (unpaired) electrons. The number of nitriles is 2. The van der Waals surface area contributed by atoms with Gasteiger partial charge in [-0.3, -0.25) is 0 Å². The Morgan fingerprint density at radius 1 is 1.10 bits per heavy atom. The Hall–Kier alpha value is -1.36. The maximum atomic E-state index is 9.94. The van der Waals surface area contributed by atoms with Crippen LogP contribution in [-0.2, 0) is 0 Å². The second-order valence-corrected chi connectivity index (χ2v) is 8.35. The van der Waals surface area contributed by atoms with Gasteiger partial charge in [0.25, 0.3) is 0 Å². The summed E-state index contributed by atoms with van der Waals surface area (Å²) in [6.07, 6.45) is 1.86. The van der Waals surface area contributed by atoms with Crippen LogP contribution in [0.3, 0.4) is 0 Å². The zero-order valence-corrected chi connectivity index (χ0v) is 13.3. The van der Waals surface area contributed by atoms with Gasteiger partial charge in [0, 0.05) is 5.92 Å². The van der Waals surface area contributed by atoms with Crippen LogP contribution in [-0.4, -0.2) is 15.6 Å². The zero-order valence-electron chi connectivity index (χ0n) is 11.7. The maximum Gasteiger partial charge on any atom is 0.178 e. The Labute approximate surface area is 134 Å². The molecule has 0 amide bonds. The van der Waals surface area contributed by atoms with E-state index in [1.165, 1.54) is 0 Å². The van der Waals surface area contributed by atoms with E-state index in [0.717, 1.165) is 35.5 Å². The van der Waals surface area contributed by atoms with Gasteiger partial charge in [0.1, 0.15) is 4.08 Å². The third kappa shape index (κ3) is 1.94. The maximum absolute atomic E-state index is 9.94. The molecule has 1 atom stereocenters. The first-order valence-electron chi connectivity index (χ1n) is 7.04. The molecule has 0 bridgehead atoms. The summed E-state index contributed by atoms with van der Waals surface area (Å²) in [6, 6.07) is 14.8. The molecular weight excluding hydrogens is 296 g/mol. The summed E-state index contributed by atoms with van der Waals surface area (Å²) in [4.78, 5) is 0. The summed E-state index contributed by atoms with van der Waals surface area (Å²) in [6.45, 7) is 4.25. The van der Waals surface area contributed by atoms with Gasteiger partial charge in [-0.15, -0.1) is 23.5 Å². The summed E-state index contributed by atoms with van der Waals surface area (Å²) < 4.78 is -0.463. The van der Waals surface area contributed by atoms with Crippen LogP contribution in [0.1, 0.15) is 24.3 Å². The van der Waals surface area contributed by atoms with Crippen molar-refractivity contribution >= 4 is 23.5 Å². The molecule has 1 saturated carbocycles. The van der Waals surface area contributed by atoms with E-state index in [-0.39, 0.29) is 5.92 Å². The molecule has 1 aromatic carbocycles. The number of hydrogen-bond donors (Lipinski definition) is 0. The Morgan fingerprint density at radius 3 is 2.29 bits per heavy atom. The minimum Gasteiger partial charge on any atom is -0.196 e. The summed E-state index contributed by atoms with van der Waals surface area (Å²) in [5.41, 5.74) is 1.10. The Balaban J connectivity index is 2.14. The molecule has 1 saturated heterocycles. The van der Waals surface area contributed by atoms with Crippen molar-refractivity contribution in [3.63, 3.8) is 0 Å². The van der Waals surface area contributed by atoms with E-state index in [2.05, 4.69) is 18.7 Å². The Morgan fingerprint density at radius 2 is 1.71 bits per heavy atom. The van der Waals surface area contributed by atoms with Crippen molar-refractivity contribution in [3.8, 4) is 12.1 Å². The third-order valence-corrected chi connectivity index (χ3v) is 8.14. The van der Waals surface area contributed by atoms with E-state index in [1.807, 2.05) is 30.3 Å². The third-order valence-electron chi connectivity index (χ3n) is 4.41. The van der Waals surface area contributed by atoms with Gasteiger partial charge >= 0.3 is 0 Å². The van der Waals surface area contributed by atoms with Crippen LogP contribution in [0.2, 0.25) is 0 Å². The highest BCUT2D eigenvalue weighted by Gasteiger charge is 2.65. The van der Waals surface area contributed by atoms with Gasteiger partial charge in [-0.05, 0) is 35.5 Å². The van der Waals surface area contributed by atoms with Gasteiger partial charge in [-0.1, -0.05) is 36.9 Å². The molecule has 1 aromatic rings. The van der Waals surface area contributed by atoms with Crippen molar-refractivity contribution in [1.29, 1.82) is 10.5 Å². The molecule has 21 heavy (non-hydrogen) atoms. The molecule has 1 aliphatic heterocycles. The van der Waals surface area contributed by atoms with E-state index >= 15 is 0 Å². The van der Waals surface area contributed by atoms with Gasteiger partial charge in [-0.25, -0.2) is 0 Å². The molecule has 1 spiro atoms. The number of thioether (sulfide) groups is 2. The second kappa shape index (κ2) is 5.44. The smallest absolute Gasteiger partial charge is 0.178 e. The second-order valence-electron chi connectivity index (χ2n) is 5.47. The average Bonchev–Trinajstić information content (AvgIpc) is 2.78. The summed E-state index contributed by atoms with van der Waals surface area (Å²) in [7, 11) is 0. The molecule has 0 aromatic heterocycles. The molecule has 0 N–H and O–H groups in total. The van der Waals surface area contributed by atoms with Gasteiger partial charge in [0.15, 0.2) is 5.41 Å². The molecule has 1 heterocycles. The molecule has 2 nitrogen and oxygen atoms in total. The van der Waals surface area contributed by atoms with Crippen molar-refractivity contribution in [2.75, 3.05) is 11.5 Å². The highest BCUT2D eigenvalue weighted by molar-refractivity contribution is 8.19. The number of benzene rings is 1. The van der Waals surface area contributed by atoms with Crippen LogP contribution in [0.15, 0.2) is 42.5 Å². The molecule has 106 valence electrons. The van der Waals surface area contributed by atoms with Gasteiger partial charge in [0.05, 0.1) is 12.1 Å². The highest BCUT2D eigenvalue weighted by atomic mass is 32.2. The van der Waals surface area contributed by atoms with Crippen molar-refractivity contribution < 1.29 is 0 Å². The first-order chi connectivity index (χ1) is 10.2. The first-order valence-corrected chi connectivity index (χ1v) is 9.01. The van der Waals surface area contributed by atoms with Crippen LogP contribution in [0.4, 0.5) is 0 Å². The Kier molecular flexibility index (Phi) is 3.78. The number of rotatable bonds is 1. The molecule has 1 unspecified atom stereocenters. The molecule has 3 rings (SSSR count). The molecule has 1 aliphatic carbocycles. The van der Waals surface area contributed by atoms with Gasteiger partial charge < -0.3 is 0 Å². The lowest BCUT2D eigenvalue weighted by Gasteiger charge is -2.41. The first kappa shape index (κ1) is 14.6. The predicted octanol–water partition coefficient (Wildman–Crippen LogP) is 4.33. The lowest BCUT2D eigenvalue weighted by molar-refractivity contribution is 0.467. The highest BCUT2D eigenvalue weighted by Crippen LogP contribution is 2.68. The lowest BCUT2D eigenvalue weighted by atomic mass is 9.76. The van der Waals surface area contributed by atoms with Crippen LogP contribution in [0.5, 0.6) is 0 Å². The van der Waals surface area contributed by atoms with Crippen molar-refractivity contribution in [1.82, 2.24) is 0 Å². The fourth-order valence-corrected chi connectivity index (χ4v) is 7.05. The molecule has 2 fully saturated rings. The van der Waals surface area contributed by atoms with E-state index in [0.29, 0.717) is 0 Å². The SMILES string of the molecule is C=C1CC(c2ccccc2)C(C#N)(C#N)C12SCCCS2. The quantitative estimate of drug-likeness (QED) is 0.724. The van der Waals surface area contributed by atoms with Crippen molar-refractivity contribution in [2.45, 2.75) is 22.8 Å². The van der Waals surface area contributed by atoms with Crippen LogP contribution in [0.25, 0.3) is 0 Å². The standard InChI is InChI=1S/C17H16N2S2/c1-13-10-15(14-6-3-2-4-7-14)16(11-18,12-19)17(13)20-8-5-9-21-17/h2-4,6-7,15H,1,5,8-10H2. The van der Waals surface area contributed by atoms with Gasteiger partial charge in [-0.2, -0.15) is 10.5 Å². The van der Waals surface area contributed by atoms with Crippen molar-refractivity contribution in [3.05, 3.63) is 48.0 Å². The van der Waals surface area contributed by atoms with E-state index in [4.69, 9.17) is 0 Å². The normalized spacial score (nSPS) is 26.2. The van der Waals surface area contributed by atoms with Crippen LogP contribution >= 0.6 is 23.5 Å². The fourth-order valence-electron chi connectivity index (χ4n) is 3.39. The minimum atomic E-state index is -1.03.